The van der Waals surface area contributed by atoms with Gasteiger partial charge in [0.15, 0.2) is 0 Å². The van der Waals surface area contributed by atoms with Gasteiger partial charge in [-0.3, -0.25) is 0 Å². The molecule has 0 rings (SSSR count). The summed E-state index contributed by atoms with van der Waals surface area (Å²) < 4.78 is 0. The Kier molecular flexibility index (Phi) is 10.2. The molecule has 0 aromatic carbocycles. The van der Waals surface area contributed by atoms with Crippen molar-refractivity contribution in [2.24, 2.45) is 5.16 Å². The fourth-order valence-electron chi connectivity index (χ4n) is 0.878. The molecule has 0 aliphatic carbocycles. The van der Waals surface area contributed by atoms with Gasteiger partial charge >= 0.3 is 0 Å². The van der Waals surface area contributed by atoms with Crippen LogP contribution in [0.2, 0.25) is 0 Å². The first-order valence-electron chi connectivity index (χ1n) is 4.92. The lowest BCUT2D eigenvalue weighted by Gasteiger charge is -1.90. The second kappa shape index (κ2) is 11.0. The molecule has 13 heavy (non-hydrogen) atoms. The average Bonchev–Trinajstić information content (AvgIpc) is 2.16. The lowest BCUT2D eigenvalue weighted by Crippen LogP contribution is -1.79. The second-order valence-corrected chi connectivity index (χ2v) is 2.82. The summed E-state index contributed by atoms with van der Waals surface area (Å²) in [5.74, 6) is 6.28. The van der Waals surface area contributed by atoms with Crippen LogP contribution in [0.3, 0.4) is 0 Å². The van der Waals surface area contributed by atoms with Crippen molar-refractivity contribution in [3.8, 4) is 11.8 Å². The van der Waals surface area contributed by atoms with E-state index >= 15 is 0 Å². The van der Waals surface area contributed by atoms with Crippen LogP contribution in [0.5, 0.6) is 0 Å². The highest BCUT2D eigenvalue weighted by molar-refractivity contribution is 5.56. The normalized spacial score (nSPS) is 9.69. The number of rotatable bonds is 6. The zero-order chi connectivity index (χ0) is 9.78. The molecule has 0 aliphatic rings. The fourth-order valence-corrected chi connectivity index (χ4v) is 0.878. The standard InChI is InChI=1S/C11H19NO/c1-3-4-5-6-7-8-9-10-11-12-13-2/h11H,3-4,7-10H2,1-2H3/b12-11-. The monoisotopic (exact) mass is 181 g/mol. The van der Waals surface area contributed by atoms with E-state index in [1.165, 1.54) is 0 Å². The minimum absolute atomic E-state index is 0.989. The maximum absolute atomic E-state index is 4.54. The van der Waals surface area contributed by atoms with Gasteiger partial charge in [-0.2, -0.15) is 0 Å². The van der Waals surface area contributed by atoms with Crippen molar-refractivity contribution in [3.05, 3.63) is 0 Å². The molecule has 0 aromatic rings. The molecule has 0 unspecified atom stereocenters. The average molecular weight is 181 g/mol. The Balaban J connectivity index is 3.09. The Morgan fingerprint density at radius 2 is 2.00 bits per heavy atom. The van der Waals surface area contributed by atoms with Crippen molar-refractivity contribution >= 4 is 6.21 Å². The summed E-state index contributed by atoms with van der Waals surface area (Å²) in [5, 5.41) is 3.66. The van der Waals surface area contributed by atoms with Crippen molar-refractivity contribution in [3.63, 3.8) is 0 Å². The number of unbranched alkanes of at least 4 members (excludes halogenated alkanes) is 4. The van der Waals surface area contributed by atoms with Crippen LogP contribution >= 0.6 is 0 Å². The molecule has 0 saturated heterocycles. The van der Waals surface area contributed by atoms with Gasteiger partial charge in [0.1, 0.15) is 7.11 Å². The van der Waals surface area contributed by atoms with Crippen LogP contribution in [0.25, 0.3) is 0 Å². The lowest BCUT2D eigenvalue weighted by molar-refractivity contribution is 0.214. The molecule has 0 fully saturated rings. The molecule has 2 nitrogen and oxygen atoms in total. The highest BCUT2D eigenvalue weighted by Gasteiger charge is 1.83. The van der Waals surface area contributed by atoms with Gasteiger partial charge in [-0.25, -0.2) is 0 Å². The van der Waals surface area contributed by atoms with Crippen LogP contribution in [0.4, 0.5) is 0 Å². The van der Waals surface area contributed by atoms with Crippen molar-refractivity contribution in [1.82, 2.24) is 0 Å². The number of nitrogens with zero attached hydrogens (tertiary/aromatic N) is 1. The Bertz CT molecular complexity index is 176. The highest BCUT2D eigenvalue weighted by atomic mass is 16.6. The lowest BCUT2D eigenvalue weighted by atomic mass is 10.2. The summed E-state index contributed by atoms with van der Waals surface area (Å²) in [7, 11) is 1.56. The van der Waals surface area contributed by atoms with E-state index in [1.54, 1.807) is 13.3 Å². The van der Waals surface area contributed by atoms with Gasteiger partial charge < -0.3 is 4.84 Å². The van der Waals surface area contributed by atoms with Crippen LogP contribution in [0, 0.1) is 11.8 Å². The Morgan fingerprint density at radius 3 is 2.69 bits per heavy atom. The summed E-state index contributed by atoms with van der Waals surface area (Å²) in [6.07, 6.45) is 8.31. The van der Waals surface area contributed by atoms with Gasteiger partial charge in [-0.15, -0.1) is 11.8 Å². The van der Waals surface area contributed by atoms with Crippen LogP contribution in [0.1, 0.15) is 45.4 Å². The summed E-state index contributed by atoms with van der Waals surface area (Å²) in [6.45, 7) is 2.15. The Hall–Kier alpha value is -0.970. The van der Waals surface area contributed by atoms with Crippen molar-refractivity contribution < 1.29 is 4.84 Å². The van der Waals surface area contributed by atoms with E-state index in [1.807, 2.05) is 0 Å². The minimum Gasteiger partial charge on any atom is -0.399 e. The van der Waals surface area contributed by atoms with Gasteiger partial charge in [-0.05, 0) is 25.7 Å². The zero-order valence-corrected chi connectivity index (χ0v) is 8.68. The Morgan fingerprint density at radius 1 is 1.23 bits per heavy atom. The number of oxime groups is 1. The van der Waals surface area contributed by atoms with E-state index in [2.05, 4.69) is 28.8 Å². The van der Waals surface area contributed by atoms with Crippen LogP contribution in [0.15, 0.2) is 5.16 Å². The topological polar surface area (TPSA) is 21.6 Å². The molecule has 0 heterocycles. The van der Waals surface area contributed by atoms with E-state index in [4.69, 9.17) is 0 Å². The smallest absolute Gasteiger partial charge is 0.106 e. The molecule has 2 heteroatoms. The third kappa shape index (κ3) is 11.0. The molecule has 0 aromatic heterocycles. The predicted octanol–water partition coefficient (Wildman–Crippen LogP) is 2.98. The van der Waals surface area contributed by atoms with Crippen LogP contribution in [-0.4, -0.2) is 13.3 Å². The third-order valence-electron chi connectivity index (χ3n) is 1.56. The second-order valence-electron chi connectivity index (χ2n) is 2.82. The summed E-state index contributed by atoms with van der Waals surface area (Å²) in [5.41, 5.74) is 0. The molecule has 0 spiro atoms. The van der Waals surface area contributed by atoms with Crippen LogP contribution in [-0.2, 0) is 4.84 Å². The van der Waals surface area contributed by atoms with E-state index in [0.29, 0.717) is 0 Å². The van der Waals surface area contributed by atoms with E-state index in [-0.39, 0.29) is 0 Å². The molecule has 0 atom stereocenters. The molecule has 0 N–H and O–H groups in total. The molecular weight excluding hydrogens is 162 g/mol. The minimum atomic E-state index is 0.989. The largest absolute Gasteiger partial charge is 0.399 e. The summed E-state index contributed by atoms with van der Waals surface area (Å²) >= 11 is 0. The third-order valence-corrected chi connectivity index (χ3v) is 1.56. The maximum atomic E-state index is 4.54. The predicted molar refractivity (Wildman–Crippen MR) is 56.7 cm³/mol. The van der Waals surface area contributed by atoms with E-state index < -0.39 is 0 Å². The molecule has 0 aliphatic heterocycles. The van der Waals surface area contributed by atoms with E-state index in [9.17, 15) is 0 Å². The number of hydrogen-bond donors (Lipinski definition) is 0. The van der Waals surface area contributed by atoms with E-state index in [0.717, 1.165) is 38.5 Å². The molecule has 0 amide bonds. The zero-order valence-electron chi connectivity index (χ0n) is 8.68. The SMILES string of the molecule is CCCC#CCCCC/C=N\OC. The number of hydrogen-bond acceptors (Lipinski definition) is 2. The maximum Gasteiger partial charge on any atom is 0.106 e. The van der Waals surface area contributed by atoms with Gasteiger partial charge in [0, 0.05) is 19.1 Å². The highest BCUT2D eigenvalue weighted by Crippen LogP contribution is 1.97. The molecule has 0 saturated carbocycles. The quantitative estimate of drug-likeness (QED) is 0.267. The van der Waals surface area contributed by atoms with Crippen molar-refractivity contribution in [2.75, 3.05) is 7.11 Å². The molecule has 0 radical (unpaired) electrons. The van der Waals surface area contributed by atoms with Gasteiger partial charge in [0.05, 0.1) is 0 Å². The fraction of sp³-hybridized carbons (Fsp3) is 0.727. The first kappa shape index (κ1) is 12.0. The molecule has 74 valence electrons. The van der Waals surface area contributed by atoms with Crippen LogP contribution < -0.4 is 0 Å². The van der Waals surface area contributed by atoms with Gasteiger partial charge in [0.25, 0.3) is 0 Å². The van der Waals surface area contributed by atoms with Crippen molar-refractivity contribution in [2.45, 2.75) is 45.4 Å². The summed E-state index contributed by atoms with van der Waals surface area (Å²) in [4.78, 5) is 4.54. The first-order valence-corrected chi connectivity index (χ1v) is 4.92. The molecular formula is C11H19NO. The van der Waals surface area contributed by atoms with Gasteiger partial charge in [-0.1, -0.05) is 12.1 Å². The summed E-state index contributed by atoms with van der Waals surface area (Å²) in [6, 6.07) is 0. The van der Waals surface area contributed by atoms with Gasteiger partial charge in [0.2, 0.25) is 0 Å². The first-order chi connectivity index (χ1) is 6.41. The Labute approximate surface area is 81.4 Å². The van der Waals surface area contributed by atoms with Crippen molar-refractivity contribution in [1.29, 1.82) is 0 Å². The molecule has 0 bridgehead atoms.